The van der Waals surface area contributed by atoms with Crippen LogP contribution in [0.3, 0.4) is 0 Å². The lowest BCUT2D eigenvalue weighted by Crippen LogP contribution is -2.28. The summed E-state index contributed by atoms with van der Waals surface area (Å²) in [4.78, 5) is 3.54. The Balaban J connectivity index is 1.69. The zero-order chi connectivity index (χ0) is 22.3. The molecule has 0 amide bonds. The van der Waals surface area contributed by atoms with Crippen molar-refractivity contribution >= 4 is 5.69 Å². The molecule has 0 N–H and O–H groups in total. The molecule has 6 rings (SSSR count). The number of nitrogens with zero attached hydrogens (tertiary/aromatic N) is 1. The molecule has 33 heavy (non-hydrogen) atoms. The predicted molar refractivity (Wildman–Crippen MR) is 135 cm³/mol. The maximum absolute atomic E-state index is 7.26. The van der Waals surface area contributed by atoms with E-state index in [4.69, 9.17) is 6.57 Å². The summed E-state index contributed by atoms with van der Waals surface area (Å²) in [6, 6.07) is 45.2. The second-order valence-corrected chi connectivity index (χ2v) is 8.45. The van der Waals surface area contributed by atoms with E-state index in [2.05, 4.69) is 108 Å². The molecule has 5 aromatic carbocycles. The molecule has 0 aromatic heterocycles. The highest BCUT2D eigenvalue weighted by Gasteiger charge is 2.45. The zero-order valence-electron chi connectivity index (χ0n) is 18.1. The van der Waals surface area contributed by atoms with Gasteiger partial charge in [0.15, 0.2) is 5.69 Å². The molecule has 0 saturated carbocycles. The third kappa shape index (κ3) is 2.85. The Morgan fingerprint density at radius 2 is 1.03 bits per heavy atom. The van der Waals surface area contributed by atoms with Gasteiger partial charge >= 0.3 is 0 Å². The van der Waals surface area contributed by atoms with Gasteiger partial charge in [0.05, 0.1) is 12.0 Å². The van der Waals surface area contributed by atoms with Crippen LogP contribution in [0.25, 0.3) is 27.1 Å². The minimum atomic E-state index is -0.388. The van der Waals surface area contributed by atoms with Crippen LogP contribution in [0.15, 0.2) is 127 Å². The molecule has 0 heterocycles. The van der Waals surface area contributed by atoms with Crippen molar-refractivity contribution < 1.29 is 0 Å². The van der Waals surface area contributed by atoms with Gasteiger partial charge in [0.1, 0.15) is 0 Å². The fourth-order valence-corrected chi connectivity index (χ4v) is 5.35. The summed E-state index contributed by atoms with van der Waals surface area (Å²) in [5.41, 5.74) is 10.3. The average Bonchev–Trinajstić information content (AvgIpc) is 3.20. The van der Waals surface area contributed by atoms with Crippen molar-refractivity contribution in [1.82, 2.24) is 0 Å². The van der Waals surface area contributed by atoms with Crippen molar-refractivity contribution in [1.29, 1.82) is 0 Å². The molecule has 0 fully saturated rings. The predicted octanol–water partition coefficient (Wildman–Crippen LogP) is 8.27. The van der Waals surface area contributed by atoms with Crippen LogP contribution < -0.4 is 0 Å². The van der Waals surface area contributed by atoms with Crippen molar-refractivity contribution in [2.45, 2.75) is 5.41 Å². The van der Waals surface area contributed by atoms with E-state index in [1.54, 1.807) is 0 Å². The first kappa shape index (κ1) is 19.3. The first-order chi connectivity index (χ1) is 16.3. The summed E-state index contributed by atoms with van der Waals surface area (Å²) < 4.78 is 0. The molecule has 1 nitrogen and oxygen atoms in total. The van der Waals surface area contributed by atoms with Crippen molar-refractivity contribution in [2.75, 3.05) is 0 Å². The van der Waals surface area contributed by atoms with Crippen molar-refractivity contribution in [3.63, 3.8) is 0 Å². The number of hydrogen-bond acceptors (Lipinski definition) is 0. The molecule has 0 aliphatic heterocycles. The standard InChI is InChI=1S/C32H21N/c1-33-27-19-16-23(17-20-27)24-18-21-29-28-14-8-9-15-30(28)32(31(29)22-24,25-10-4-2-5-11-25)26-12-6-3-7-13-26/h2-22H. The highest BCUT2D eigenvalue weighted by molar-refractivity contribution is 5.88. The first-order valence-corrected chi connectivity index (χ1v) is 11.2. The van der Waals surface area contributed by atoms with E-state index < -0.39 is 0 Å². The Bertz CT molecular complexity index is 1450. The molecule has 1 heteroatoms. The van der Waals surface area contributed by atoms with Crippen molar-refractivity contribution in [2.24, 2.45) is 0 Å². The summed E-state index contributed by atoms with van der Waals surface area (Å²) in [7, 11) is 0. The quantitative estimate of drug-likeness (QED) is 0.254. The van der Waals surface area contributed by atoms with E-state index in [0.717, 1.165) is 11.1 Å². The number of rotatable bonds is 3. The zero-order valence-corrected chi connectivity index (χ0v) is 18.1. The maximum atomic E-state index is 7.26. The topological polar surface area (TPSA) is 4.36 Å². The van der Waals surface area contributed by atoms with Gasteiger partial charge in [-0.2, -0.15) is 0 Å². The van der Waals surface area contributed by atoms with Gasteiger partial charge in [-0.05, 0) is 50.6 Å². The summed E-state index contributed by atoms with van der Waals surface area (Å²) >= 11 is 0. The number of fused-ring (bicyclic) bond motifs is 3. The highest BCUT2D eigenvalue weighted by Crippen LogP contribution is 2.56. The molecule has 1 aliphatic rings. The summed E-state index contributed by atoms with van der Waals surface area (Å²) in [5.74, 6) is 0. The van der Waals surface area contributed by atoms with E-state index in [1.807, 2.05) is 24.3 Å². The van der Waals surface area contributed by atoms with Crippen LogP contribution >= 0.6 is 0 Å². The molecular weight excluding hydrogens is 398 g/mol. The van der Waals surface area contributed by atoms with Crippen LogP contribution in [0.4, 0.5) is 5.69 Å². The monoisotopic (exact) mass is 419 g/mol. The van der Waals surface area contributed by atoms with Crippen molar-refractivity contribution in [3.05, 3.63) is 161 Å². The lowest BCUT2D eigenvalue weighted by molar-refractivity contribution is 0.769. The van der Waals surface area contributed by atoms with E-state index in [-0.39, 0.29) is 5.41 Å². The van der Waals surface area contributed by atoms with Crippen LogP contribution in [-0.2, 0) is 5.41 Å². The Kier molecular flexibility index (Phi) is 4.45. The van der Waals surface area contributed by atoms with E-state index in [0.29, 0.717) is 5.69 Å². The largest absolute Gasteiger partial charge is 0.238 e. The molecule has 0 spiro atoms. The van der Waals surface area contributed by atoms with E-state index in [9.17, 15) is 0 Å². The van der Waals surface area contributed by atoms with Gasteiger partial charge in [0, 0.05) is 0 Å². The van der Waals surface area contributed by atoms with Crippen LogP contribution in [0.2, 0.25) is 0 Å². The Morgan fingerprint density at radius 3 is 1.67 bits per heavy atom. The van der Waals surface area contributed by atoms with Gasteiger partial charge in [-0.25, -0.2) is 4.85 Å². The minimum absolute atomic E-state index is 0.388. The highest BCUT2D eigenvalue weighted by atomic mass is 14.6. The summed E-state index contributed by atoms with van der Waals surface area (Å²) in [6.45, 7) is 7.26. The molecule has 0 unspecified atom stereocenters. The molecule has 0 atom stereocenters. The molecule has 0 saturated heterocycles. The number of benzene rings is 5. The van der Waals surface area contributed by atoms with E-state index in [1.165, 1.54) is 33.4 Å². The fourth-order valence-electron chi connectivity index (χ4n) is 5.35. The number of hydrogen-bond donors (Lipinski definition) is 0. The molecule has 154 valence electrons. The van der Waals surface area contributed by atoms with Gasteiger partial charge in [-0.1, -0.05) is 121 Å². The molecule has 5 aromatic rings. The molecule has 0 bridgehead atoms. The van der Waals surface area contributed by atoms with Gasteiger partial charge in [-0.15, -0.1) is 0 Å². The third-order valence-electron chi connectivity index (χ3n) is 6.79. The maximum Gasteiger partial charge on any atom is 0.187 e. The van der Waals surface area contributed by atoms with Gasteiger partial charge < -0.3 is 0 Å². The Hall–Kier alpha value is -4.41. The smallest absolute Gasteiger partial charge is 0.187 e. The van der Waals surface area contributed by atoms with Crippen LogP contribution in [0.1, 0.15) is 22.3 Å². The molecular formula is C32H21N. The first-order valence-electron chi connectivity index (χ1n) is 11.2. The lowest BCUT2D eigenvalue weighted by Gasteiger charge is -2.34. The van der Waals surface area contributed by atoms with Gasteiger partial charge in [0.2, 0.25) is 0 Å². The molecule has 1 aliphatic carbocycles. The summed E-state index contributed by atoms with van der Waals surface area (Å²) in [6.07, 6.45) is 0. The average molecular weight is 420 g/mol. The molecule has 0 radical (unpaired) electrons. The van der Waals surface area contributed by atoms with Crippen LogP contribution in [0, 0.1) is 6.57 Å². The van der Waals surface area contributed by atoms with Gasteiger partial charge in [-0.3, -0.25) is 0 Å². The lowest BCUT2D eigenvalue weighted by atomic mass is 9.67. The Labute approximate surface area is 194 Å². The van der Waals surface area contributed by atoms with E-state index >= 15 is 0 Å². The van der Waals surface area contributed by atoms with Gasteiger partial charge in [0.25, 0.3) is 0 Å². The second kappa shape index (κ2) is 7.62. The Morgan fingerprint density at radius 1 is 0.485 bits per heavy atom. The second-order valence-electron chi connectivity index (χ2n) is 8.45. The van der Waals surface area contributed by atoms with Crippen molar-refractivity contribution in [3.8, 4) is 22.3 Å². The SMILES string of the molecule is [C-]#[N+]c1ccc(-c2ccc3c(c2)C(c2ccccc2)(c2ccccc2)c2ccccc2-3)cc1. The van der Waals surface area contributed by atoms with Crippen LogP contribution in [0.5, 0.6) is 0 Å². The summed E-state index contributed by atoms with van der Waals surface area (Å²) in [5, 5.41) is 0. The fraction of sp³-hybridized carbons (Fsp3) is 0.0312. The minimum Gasteiger partial charge on any atom is -0.238 e. The normalized spacial score (nSPS) is 13.1. The van der Waals surface area contributed by atoms with Crippen LogP contribution in [-0.4, -0.2) is 0 Å². The third-order valence-corrected chi connectivity index (χ3v) is 6.79.